The summed E-state index contributed by atoms with van der Waals surface area (Å²) in [5.41, 5.74) is 3.97. The Kier molecular flexibility index (Phi) is 10.1. The second-order valence-corrected chi connectivity index (χ2v) is 7.54. The van der Waals surface area contributed by atoms with Crippen molar-refractivity contribution in [3.63, 3.8) is 0 Å². The average Bonchev–Trinajstić information content (AvgIpc) is 2.73. The molecule has 31 heavy (non-hydrogen) atoms. The normalized spacial score (nSPS) is 10.5. The van der Waals surface area contributed by atoms with Gasteiger partial charge in [0.25, 0.3) is 0 Å². The minimum absolute atomic E-state index is 0. The standard InChI is InChI=1S/C25H27ClFNO2.ClH/c1-3-29-24-15-20(16-28-13-12-21-6-4-5-7-23(21)27)14-22(26)25(24)30-17-19-10-8-18(2)9-11-19;/h4-11,14-15,28H,3,12-13,16-17H2,1-2H3;1H. The molecule has 0 saturated carbocycles. The van der Waals surface area contributed by atoms with E-state index in [-0.39, 0.29) is 18.2 Å². The second-order valence-electron chi connectivity index (χ2n) is 7.13. The van der Waals surface area contributed by atoms with Crippen molar-refractivity contribution < 1.29 is 13.9 Å². The monoisotopic (exact) mass is 463 g/mol. The highest BCUT2D eigenvalue weighted by molar-refractivity contribution is 6.32. The molecule has 0 aliphatic rings. The molecule has 0 spiro atoms. The van der Waals surface area contributed by atoms with Gasteiger partial charge >= 0.3 is 0 Å². The zero-order valence-corrected chi connectivity index (χ0v) is 19.4. The van der Waals surface area contributed by atoms with Gasteiger partial charge in [-0.25, -0.2) is 4.39 Å². The summed E-state index contributed by atoms with van der Waals surface area (Å²) in [5, 5.41) is 3.85. The molecule has 0 unspecified atom stereocenters. The van der Waals surface area contributed by atoms with Crippen molar-refractivity contribution in [2.75, 3.05) is 13.2 Å². The molecule has 0 aliphatic carbocycles. The van der Waals surface area contributed by atoms with Crippen LogP contribution in [0.3, 0.4) is 0 Å². The third-order valence-electron chi connectivity index (χ3n) is 4.73. The van der Waals surface area contributed by atoms with Crippen LogP contribution >= 0.6 is 24.0 Å². The predicted octanol–water partition coefficient (Wildman–Crippen LogP) is 6.52. The van der Waals surface area contributed by atoms with Crippen LogP contribution in [0.1, 0.15) is 29.2 Å². The number of hydrogen-bond donors (Lipinski definition) is 1. The highest BCUT2D eigenvalue weighted by Gasteiger charge is 2.13. The van der Waals surface area contributed by atoms with E-state index in [0.29, 0.717) is 54.8 Å². The number of aryl methyl sites for hydroxylation is 1. The average molecular weight is 464 g/mol. The van der Waals surface area contributed by atoms with Crippen LogP contribution in [0.4, 0.5) is 4.39 Å². The van der Waals surface area contributed by atoms with Gasteiger partial charge in [-0.3, -0.25) is 0 Å². The van der Waals surface area contributed by atoms with Gasteiger partial charge in [-0.2, -0.15) is 0 Å². The molecule has 0 radical (unpaired) electrons. The minimum Gasteiger partial charge on any atom is -0.490 e. The molecule has 3 aromatic rings. The van der Waals surface area contributed by atoms with E-state index in [2.05, 4.69) is 24.4 Å². The summed E-state index contributed by atoms with van der Waals surface area (Å²) >= 11 is 6.51. The summed E-state index contributed by atoms with van der Waals surface area (Å²) in [4.78, 5) is 0. The Balaban J connectivity index is 0.00000341. The van der Waals surface area contributed by atoms with Gasteiger partial charge in [0.1, 0.15) is 12.4 Å². The summed E-state index contributed by atoms with van der Waals surface area (Å²) in [6, 6.07) is 18.9. The van der Waals surface area contributed by atoms with Gasteiger partial charge in [-0.15, -0.1) is 12.4 Å². The molecular formula is C25H28Cl2FNO2. The SMILES string of the molecule is CCOc1cc(CNCCc2ccccc2F)cc(Cl)c1OCc1ccc(C)cc1.Cl. The second kappa shape index (κ2) is 12.6. The van der Waals surface area contributed by atoms with Crippen LogP contribution in [0.25, 0.3) is 0 Å². The molecule has 0 aromatic heterocycles. The lowest BCUT2D eigenvalue weighted by Gasteiger charge is -2.16. The van der Waals surface area contributed by atoms with Crippen molar-refractivity contribution in [3.05, 3.63) is 93.8 Å². The lowest BCUT2D eigenvalue weighted by atomic mass is 10.1. The van der Waals surface area contributed by atoms with Gasteiger partial charge in [0.15, 0.2) is 11.5 Å². The zero-order valence-electron chi connectivity index (χ0n) is 17.8. The molecule has 3 nitrogen and oxygen atoms in total. The van der Waals surface area contributed by atoms with Crippen LogP contribution in [-0.4, -0.2) is 13.2 Å². The van der Waals surface area contributed by atoms with Gasteiger partial charge in [-0.05, 0) is 61.7 Å². The predicted molar refractivity (Wildman–Crippen MR) is 127 cm³/mol. The number of benzene rings is 3. The Labute approximate surface area is 194 Å². The summed E-state index contributed by atoms with van der Waals surface area (Å²) in [6.07, 6.45) is 0.621. The molecule has 166 valence electrons. The lowest BCUT2D eigenvalue weighted by molar-refractivity contribution is 0.269. The maximum absolute atomic E-state index is 13.7. The first-order valence-electron chi connectivity index (χ1n) is 10.1. The Hall–Kier alpha value is -2.27. The van der Waals surface area contributed by atoms with Crippen LogP contribution in [0.5, 0.6) is 11.5 Å². The topological polar surface area (TPSA) is 30.5 Å². The van der Waals surface area contributed by atoms with Crippen LogP contribution in [0, 0.1) is 12.7 Å². The lowest BCUT2D eigenvalue weighted by Crippen LogP contribution is -2.17. The third-order valence-corrected chi connectivity index (χ3v) is 5.01. The highest BCUT2D eigenvalue weighted by atomic mass is 35.5. The van der Waals surface area contributed by atoms with E-state index in [1.807, 2.05) is 37.3 Å². The number of halogens is 3. The molecule has 0 fully saturated rings. The minimum atomic E-state index is -0.170. The fourth-order valence-corrected chi connectivity index (χ4v) is 3.41. The number of hydrogen-bond acceptors (Lipinski definition) is 3. The summed E-state index contributed by atoms with van der Waals surface area (Å²) in [7, 11) is 0. The number of ether oxygens (including phenoxy) is 2. The van der Waals surface area contributed by atoms with Crippen molar-refractivity contribution in [3.8, 4) is 11.5 Å². The zero-order chi connectivity index (χ0) is 21.3. The Morgan fingerprint density at radius 1 is 0.968 bits per heavy atom. The van der Waals surface area contributed by atoms with Crippen LogP contribution in [0.15, 0.2) is 60.7 Å². The quantitative estimate of drug-likeness (QED) is 0.347. The Morgan fingerprint density at radius 3 is 2.42 bits per heavy atom. The highest BCUT2D eigenvalue weighted by Crippen LogP contribution is 2.37. The van der Waals surface area contributed by atoms with Crippen molar-refractivity contribution in [1.82, 2.24) is 5.32 Å². The van der Waals surface area contributed by atoms with Crippen LogP contribution < -0.4 is 14.8 Å². The van der Waals surface area contributed by atoms with Gasteiger partial charge in [0, 0.05) is 6.54 Å². The van der Waals surface area contributed by atoms with E-state index in [4.69, 9.17) is 21.1 Å². The van der Waals surface area contributed by atoms with Crippen molar-refractivity contribution >= 4 is 24.0 Å². The Bertz CT molecular complexity index is 964. The smallest absolute Gasteiger partial charge is 0.180 e. The fraction of sp³-hybridized carbons (Fsp3) is 0.280. The fourth-order valence-electron chi connectivity index (χ4n) is 3.12. The first kappa shape index (κ1) is 25.0. The van der Waals surface area contributed by atoms with Crippen molar-refractivity contribution in [2.45, 2.75) is 33.4 Å². The molecule has 6 heteroatoms. The molecule has 1 N–H and O–H groups in total. The van der Waals surface area contributed by atoms with Gasteiger partial charge in [-0.1, -0.05) is 59.6 Å². The van der Waals surface area contributed by atoms with E-state index >= 15 is 0 Å². The first-order chi connectivity index (χ1) is 14.6. The molecule has 0 amide bonds. The molecule has 0 aliphatic heterocycles. The van der Waals surface area contributed by atoms with Gasteiger partial charge < -0.3 is 14.8 Å². The van der Waals surface area contributed by atoms with E-state index in [1.54, 1.807) is 12.1 Å². The Morgan fingerprint density at radius 2 is 1.71 bits per heavy atom. The van der Waals surface area contributed by atoms with E-state index in [1.165, 1.54) is 11.6 Å². The van der Waals surface area contributed by atoms with E-state index in [0.717, 1.165) is 11.1 Å². The molecule has 0 bridgehead atoms. The number of rotatable bonds is 10. The molecule has 3 rings (SSSR count). The van der Waals surface area contributed by atoms with E-state index < -0.39 is 0 Å². The molecule has 3 aromatic carbocycles. The maximum atomic E-state index is 13.7. The summed E-state index contributed by atoms with van der Waals surface area (Å²) in [5.74, 6) is 1.01. The molecular weight excluding hydrogens is 436 g/mol. The summed E-state index contributed by atoms with van der Waals surface area (Å²) < 4.78 is 25.5. The molecule has 0 heterocycles. The third kappa shape index (κ3) is 7.42. The largest absolute Gasteiger partial charge is 0.490 e. The van der Waals surface area contributed by atoms with Crippen molar-refractivity contribution in [2.24, 2.45) is 0 Å². The summed E-state index contributed by atoms with van der Waals surface area (Å²) in [6.45, 7) is 6.18. The van der Waals surface area contributed by atoms with Gasteiger partial charge in [0.2, 0.25) is 0 Å². The number of nitrogens with one attached hydrogen (secondary N) is 1. The molecule has 0 saturated heterocycles. The van der Waals surface area contributed by atoms with Crippen LogP contribution in [0.2, 0.25) is 5.02 Å². The maximum Gasteiger partial charge on any atom is 0.180 e. The van der Waals surface area contributed by atoms with Crippen molar-refractivity contribution in [1.29, 1.82) is 0 Å². The first-order valence-corrected chi connectivity index (χ1v) is 10.5. The van der Waals surface area contributed by atoms with Gasteiger partial charge in [0.05, 0.1) is 11.6 Å². The van der Waals surface area contributed by atoms with E-state index in [9.17, 15) is 4.39 Å². The van der Waals surface area contributed by atoms with Crippen LogP contribution in [-0.2, 0) is 19.6 Å². The molecule has 0 atom stereocenters.